The van der Waals surface area contributed by atoms with Crippen LogP contribution in [0.2, 0.25) is 0 Å². The highest BCUT2D eigenvalue weighted by molar-refractivity contribution is 7.92. The van der Waals surface area contributed by atoms with Gasteiger partial charge in [0.25, 0.3) is 0 Å². The Morgan fingerprint density at radius 3 is 2.92 bits per heavy atom. The first kappa shape index (κ1) is 10.7. The summed E-state index contributed by atoms with van der Waals surface area (Å²) in [6, 6.07) is 0. The highest BCUT2D eigenvalue weighted by atomic mass is 35.5. The SMILES string of the molecule is O=S(=O)(CCCCl)Nc1nccs1. The molecule has 0 aliphatic carbocycles. The van der Waals surface area contributed by atoms with Crippen molar-refractivity contribution in [3.05, 3.63) is 11.6 Å². The molecule has 0 fully saturated rings. The van der Waals surface area contributed by atoms with Crippen molar-refractivity contribution in [2.24, 2.45) is 0 Å². The molecule has 0 spiro atoms. The number of anilines is 1. The molecule has 13 heavy (non-hydrogen) atoms. The van der Waals surface area contributed by atoms with E-state index in [9.17, 15) is 8.42 Å². The number of aromatic nitrogens is 1. The molecule has 0 saturated heterocycles. The molecule has 4 nitrogen and oxygen atoms in total. The molecule has 0 unspecified atom stereocenters. The van der Waals surface area contributed by atoms with Gasteiger partial charge in [0.2, 0.25) is 10.0 Å². The van der Waals surface area contributed by atoms with Crippen molar-refractivity contribution < 1.29 is 8.42 Å². The number of hydrogen-bond acceptors (Lipinski definition) is 4. The van der Waals surface area contributed by atoms with E-state index in [0.29, 0.717) is 17.4 Å². The van der Waals surface area contributed by atoms with Gasteiger partial charge in [-0.3, -0.25) is 4.72 Å². The molecule has 0 atom stereocenters. The van der Waals surface area contributed by atoms with Crippen molar-refractivity contribution in [1.29, 1.82) is 0 Å². The van der Waals surface area contributed by atoms with Gasteiger partial charge in [0.15, 0.2) is 5.13 Å². The summed E-state index contributed by atoms with van der Waals surface area (Å²) < 4.78 is 24.9. The van der Waals surface area contributed by atoms with Crippen LogP contribution in [0.4, 0.5) is 5.13 Å². The normalized spacial score (nSPS) is 11.5. The van der Waals surface area contributed by atoms with Crippen LogP contribution in [0.15, 0.2) is 11.6 Å². The Morgan fingerprint density at radius 1 is 1.62 bits per heavy atom. The van der Waals surface area contributed by atoms with E-state index in [4.69, 9.17) is 11.6 Å². The molecule has 1 N–H and O–H groups in total. The van der Waals surface area contributed by atoms with Crippen molar-refractivity contribution in [2.75, 3.05) is 16.4 Å². The summed E-state index contributed by atoms with van der Waals surface area (Å²) in [6.45, 7) is 0. The second kappa shape index (κ2) is 4.78. The summed E-state index contributed by atoms with van der Waals surface area (Å²) in [5.41, 5.74) is 0. The molecule has 1 aromatic heterocycles. The largest absolute Gasteiger partial charge is 0.259 e. The lowest BCUT2D eigenvalue weighted by molar-refractivity contribution is 0.600. The third-order valence-corrected chi connectivity index (χ3v) is 3.64. The van der Waals surface area contributed by atoms with Crippen molar-refractivity contribution in [3.8, 4) is 0 Å². The summed E-state index contributed by atoms with van der Waals surface area (Å²) in [7, 11) is -3.25. The van der Waals surface area contributed by atoms with Gasteiger partial charge < -0.3 is 0 Å². The smallest absolute Gasteiger partial charge is 0.234 e. The number of rotatable bonds is 5. The Bertz CT molecular complexity index is 336. The van der Waals surface area contributed by atoms with E-state index in [1.807, 2.05) is 0 Å². The van der Waals surface area contributed by atoms with Gasteiger partial charge in [-0.25, -0.2) is 13.4 Å². The fourth-order valence-electron chi connectivity index (χ4n) is 0.702. The van der Waals surface area contributed by atoms with Crippen LogP contribution in [0, 0.1) is 0 Å². The number of nitrogens with zero attached hydrogens (tertiary/aromatic N) is 1. The Morgan fingerprint density at radius 2 is 2.38 bits per heavy atom. The lowest BCUT2D eigenvalue weighted by Gasteiger charge is -2.02. The lowest BCUT2D eigenvalue weighted by atomic mass is 10.6. The second-order valence-corrected chi connectivity index (χ2v) is 5.42. The number of thiazole rings is 1. The van der Waals surface area contributed by atoms with Crippen LogP contribution in [0.5, 0.6) is 0 Å². The fraction of sp³-hybridized carbons (Fsp3) is 0.500. The minimum absolute atomic E-state index is 0.0378. The third-order valence-electron chi connectivity index (χ3n) is 1.22. The molecule has 7 heteroatoms. The van der Waals surface area contributed by atoms with Gasteiger partial charge in [0.05, 0.1) is 5.75 Å². The maximum Gasteiger partial charge on any atom is 0.234 e. The van der Waals surface area contributed by atoms with Crippen LogP contribution in [-0.4, -0.2) is 25.0 Å². The van der Waals surface area contributed by atoms with E-state index in [1.54, 1.807) is 11.6 Å². The van der Waals surface area contributed by atoms with Crippen LogP contribution in [0.1, 0.15) is 6.42 Å². The first-order chi connectivity index (χ1) is 6.14. The molecular weight excluding hydrogens is 232 g/mol. The molecule has 0 saturated carbocycles. The lowest BCUT2D eigenvalue weighted by Crippen LogP contribution is -2.16. The number of nitrogens with one attached hydrogen (secondary N) is 1. The fourth-order valence-corrected chi connectivity index (χ4v) is 2.89. The Labute approximate surface area is 86.0 Å². The predicted molar refractivity (Wildman–Crippen MR) is 54.9 cm³/mol. The second-order valence-electron chi connectivity index (χ2n) is 2.30. The standard InChI is InChI=1S/C6H9ClN2O2S2/c7-2-1-5-13(10,11)9-6-8-3-4-12-6/h3-4H,1-2,5H2,(H,8,9). The zero-order chi connectivity index (χ0) is 9.73. The van der Waals surface area contributed by atoms with E-state index in [1.165, 1.54) is 11.3 Å². The monoisotopic (exact) mass is 240 g/mol. The van der Waals surface area contributed by atoms with Crippen molar-refractivity contribution in [1.82, 2.24) is 4.98 Å². The van der Waals surface area contributed by atoms with Gasteiger partial charge in [-0.2, -0.15) is 0 Å². The summed E-state index contributed by atoms with van der Waals surface area (Å²) in [5.74, 6) is 0.384. The average Bonchev–Trinajstić information content (AvgIpc) is 2.52. The summed E-state index contributed by atoms with van der Waals surface area (Å²) >= 11 is 6.63. The molecule has 0 aliphatic heterocycles. The molecule has 1 heterocycles. The first-order valence-electron chi connectivity index (χ1n) is 3.60. The van der Waals surface area contributed by atoms with Crippen LogP contribution >= 0.6 is 22.9 Å². The Kier molecular flexibility index (Phi) is 3.95. The summed E-state index contributed by atoms with van der Waals surface area (Å²) in [6.07, 6.45) is 1.99. The molecule has 0 aliphatic rings. The molecule has 0 amide bonds. The van der Waals surface area contributed by atoms with Crippen LogP contribution in [-0.2, 0) is 10.0 Å². The number of hydrogen-bond donors (Lipinski definition) is 1. The minimum Gasteiger partial charge on any atom is -0.259 e. The average molecular weight is 241 g/mol. The van der Waals surface area contributed by atoms with Gasteiger partial charge in [0, 0.05) is 17.5 Å². The first-order valence-corrected chi connectivity index (χ1v) is 6.66. The van der Waals surface area contributed by atoms with E-state index in [-0.39, 0.29) is 5.75 Å². The highest BCUT2D eigenvalue weighted by Crippen LogP contribution is 2.12. The molecule has 0 aromatic carbocycles. The van der Waals surface area contributed by atoms with Gasteiger partial charge in [0.1, 0.15) is 0 Å². The van der Waals surface area contributed by atoms with E-state index in [2.05, 4.69) is 9.71 Å². The zero-order valence-electron chi connectivity index (χ0n) is 6.73. The maximum absolute atomic E-state index is 11.3. The summed E-state index contributed by atoms with van der Waals surface area (Å²) in [4.78, 5) is 3.80. The number of halogens is 1. The molecule has 0 bridgehead atoms. The van der Waals surface area contributed by atoms with Crippen LogP contribution in [0.3, 0.4) is 0 Å². The Balaban J connectivity index is 2.53. The maximum atomic E-state index is 11.3. The number of alkyl halides is 1. The molecule has 1 rings (SSSR count). The summed E-state index contributed by atoms with van der Waals surface area (Å²) in [5, 5.41) is 2.11. The third kappa shape index (κ3) is 3.93. The van der Waals surface area contributed by atoms with Crippen molar-refractivity contribution >= 4 is 38.1 Å². The Hall–Kier alpha value is -0.330. The van der Waals surface area contributed by atoms with Gasteiger partial charge in [-0.15, -0.1) is 22.9 Å². The van der Waals surface area contributed by atoms with Gasteiger partial charge in [-0.1, -0.05) is 0 Å². The van der Waals surface area contributed by atoms with Crippen molar-refractivity contribution in [3.63, 3.8) is 0 Å². The molecule has 74 valence electrons. The highest BCUT2D eigenvalue weighted by Gasteiger charge is 2.10. The molecule has 0 radical (unpaired) electrons. The topological polar surface area (TPSA) is 59.1 Å². The van der Waals surface area contributed by atoms with Crippen LogP contribution in [0.25, 0.3) is 0 Å². The van der Waals surface area contributed by atoms with Gasteiger partial charge >= 0.3 is 0 Å². The van der Waals surface area contributed by atoms with Crippen LogP contribution < -0.4 is 4.72 Å². The zero-order valence-corrected chi connectivity index (χ0v) is 9.12. The van der Waals surface area contributed by atoms with E-state index < -0.39 is 10.0 Å². The van der Waals surface area contributed by atoms with Crippen molar-refractivity contribution in [2.45, 2.75) is 6.42 Å². The number of sulfonamides is 1. The molecular formula is C6H9ClN2O2S2. The minimum atomic E-state index is -3.25. The molecule has 1 aromatic rings. The van der Waals surface area contributed by atoms with E-state index in [0.717, 1.165) is 0 Å². The predicted octanol–water partition coefficient (Wildman–Crippen LogP) is 1.51. The van der Waals surface area contributed by atoms with Gasteiger partial charge in [-0.05, 0) is 6.42 Å². The quantitative estimate of drug-likeness (QED) is 0.794. The van der Waals surface area contributed by atoms with E-state index >= 15 is 0 Å².